The minimum atomic E-state index is -0.911. The van der Waals surface area contributed by atoms with Gasteiger partial charge in [-0.05, 0) is 60.5 Å². The third-order valence-corrected chi connectivity index (χ3v) is 4.49. The van der Waals surface area contributed by atoms with Gasteiger partial charge in [0.25, 0.3) is 5.91 Å². The number of carbonyl (C=O) groups is 2. The van der Waals surface area contributed by atoms with E-state index in [9.17, 15) is 9.59 Å². The Labute approximate surface area is 161 Å². The van der Waals surface area contributed by atoms with Crippen molar-refractivity contribution < 1.29 is 19.1 Å². The van der Waals surface area contributed by atoms with Crippen molar-refractivity contribution in [3.8, 4) is 5.75 Å². The van der Waals surface area contributed by atoms with Crippen LogP contribution >= 0.6 is 15.9 Å². The van der Waals surface area contributed by atoms with E-state index in [4.69, 9.17) is 9.47 Å². The second-order valence-electron chi connectivity index (χ2n) is 6.10. The van der Waals surface area contributed by atoms with Crippen LogP contribution in [0.3, 0.4) is 0 Å². The summed E-state index contributed by atoms with van der Waals surface area (Å²) in [6.45, 7) is 5.44. The Kier molecular flexibility index (Phi) is 6.80. The summed E-state index contributed by atoms with van der Waals surface area (Å²) in [7, 11) is 1.55. The van der Waals surface area contributed by atoms with Gasteiger partial charge in [0.2, 0.25) is 0 Å². The van der Waals surface area contributed by atoms with E-state index in [1.165, 1.54) is 0 Å². The van der Waals surface area contributed by atoms with Gasteiger partial charge in [0.1, 0.15) is 5.75 Å². The largest absolute Gasteiger partial charge is 0.496 e. The molecule has 0 heterocycles. The molecule has 0 bridgehead atoms. The number of methoxy groups -OCH3 is 1. The zero-order valence-electron chi connectivity index (χ0n) is 15.3. The van der Waals surface area contributed by atoms with Gasteiger partial charge in [-0.2, -0.15) is 0 Å². The predicted molar refractivity (Wildman–Crippen MR) is 104 cm³/mol. The number of aryl methyl sites for hydroxylation is 2. The average Bonchev–Trinajstić information content (AvgIpc) is 2.57. The molecule has 6 heteroatoms. The predicted octanol–water partition coefficient (Wildman–Crippen LogP) is 4.19. The smallest absolute Gasteiger partial charge is 0.311 e. The minimum Gasteiger partial charge on any atom is -0.496 e. The molecule has 1 atom stereocenters. The lowest BCUT2D eigenvalue weighted by atomic mass is 10.1. The van der Waals surface area contributed by atoms with Crippen molar-refractivity contribution in [1.82, 2.24) is 0 Å². The molecule has 1 N–H and O–H groups in total. The van der Waals surface area contributed by atoms with Crippen molar-refractivity contribution in [3.05, 3.63) is 57.6 Å². The number of ether oxygens (including phenoxy) is 2. The quantitative estimate of drug-likeness (QED) is 0.712. The van der Waals surface area contributed by atoms with Crippen LogP contribution in [-0.4, -0.2) is 25.1 Å². The maximum atomic E-state index is 12.3. The first-order chi connectivity index (χ1) is 12.3. The molecule has 0 aromatic heterocycles. The monoisotopic (exact) mass is 419 g/mol. The topological polar surface area (TPSA) is 64.6 Å². The zero-order chi connectivity index (χ0) is 19.3. The van der Waals surface area contributed by atoms with Crippen LogP contribution in [0.2, 0.25) is 0 Å². The minimum absolute atomic E-state index is 0.0384. The fraction of sp³-hybridized carbons (Fsp3) is 0.300. The number of hydrogen-bond acceptors (Lipinski definition) is 4. The van der Waals surface area contributed by atoms with Crippen LogP contribution in [0.1, 0.15) is 23.6 Å². The van der Waals surface area contributed by atoms with E-state index >= 15 is 0 Å². The van der Waals surface area contributed by atoms with E-state index in [0.29, 0.717) is 11.4 Å². The highest BCUT2D eigenvalue weighted by molar-refractivity contribution is 9.10. The van der Waals surface area contributed by atoms with Gasteiger partial charge in [0.05, 0.1) is 19.2 Å². The Bertz CT molecular complexity index is 819. The van der Waals surface area contributed by atoms with Crippen molar-refractivity contribution in [2.45, 2.75) is 33.3 Å². The maximum Gasteiger partial charge on any atom is 0.311 e. The van der Waals surface area contributed by atoms with Gasteiger partial charge in [-0.25, -0.2) is 0 Å². The Hall–Kier alpha value is -2.34. The van der Waals surface area contributed by atoms with Gasteiger partial charge < -0.3 is 14.8 Å². The molecule has 0 unspecified atom stereocenters. The van der Waals surface area contributed by atoms with E-state index < -0.39 is 12.1 Å². The van der Waals surface area contributed by atoms with Crippen molar-refractivity contribution >= 4 is 33.5 Å². The highest BCUT2D eigenvalue weighted by Crippen LogP contribution is 2.24. The molecule has 0 aliphatic carbocycles. The number of anilines is 1. The maximum absolute atomic E-state index is 12.3. The van der Waals surface area contributed by atoms with Crippen LogP contribution in [0.4, 0.5) is 5.69 Å². The molecular formula is C20H22BrNO4. The molecule has 138 valence electrons. The number of benzene rings is 2. The lowest BCUT2D eigenvalue weighted by Gasteiger charge is -2.15. The number of amides is 1. The van der Waals surface area contributed by atoms with Gasteiger partial charge >= 0.3 is 5.97 Å². The number of halogens is 1. The third kappa shape index (κ3) is 5.33. The summed E-state index contributed by atoms with van der Waals surface area (Å²) < 4.78 is 11.3. The van der Waals surface area contributed by atoms with Crippen molar-refractivity contribution in [2.75, 3.05) is 12.4 Å². The van der Waals surface area contributed by atoms with E-state index in [0.717, 1.165) is 21.2 Å². The molecule has 0 saturated carbocycles. The first-order valence-electron chi connectivity index (χ1n) is 8.20. The summed E-state index contributed by atoms with van der Waals surface area (Å²) in [4.78, 5) is 24.5. The fourth-order valence-electron chi connectivity index (χ4n) is 2.45. The SMILES string of the molecule is COc1ccc(C)cc1CC(=O)O[C@@H](C)C(=O)Nc1ccc(C)cc1Br. The first-order valence-corrected chi connectivity index (χ1v) is 8.99. The summed E-state index contributed by atoms with van der Waals surface area (Å²) in [5.41, 5.74) is 3.44. The molecule has 0 saturated heterocycles. The molecule has 0 aliphatic rings. The number of carbonyl (C=O) groups excluding carboxylic acids is 2. The average molecular weight is 420 g/mol. The summed E-state index contributed by atoms with van der Waals surface area (Å²) in [6.07, 6.45) is -0.872. The van der Waals surface area contributed by atoms with Gasteiger partial charge in [0.15, 0.2) is 6.10 Å². The van der Waals surface area contributed by atoms with Gasteiger partial charge in [-0.15, -0.1) is 0 Å². The highest BCUT2D eigenvalue weighted by atomic mass is 79.9. The lowest BCUT2D eigenvalue weighted by Crippen LogP contribution is -2.30. The Balaban J connectivity index is 1.98. The standard InChI is InChI=1S/C20H22BrNO4/c1-12-6-8-18(25-4)15(9-12)11-19(23)26-14(3)20(24)22-17-7-5-13(2)10-16(17)21/h5-10,14H,11H2,1-4H3,(H,22,24)/t14-/m0/s1. The summed E-state index contributed by atoms with van der Waals surface area (Å²) in [6, 6.07) is 11.2. The summed E-state index contributed by atoms with van der Waals surface area (Å²) in [5.74, 6) is -0.258. The Morgan fingerprint density at radius 2 is 1.77 bits per heavy atom. The first kappa shape index (κ1) is 20.0. The van der Waals surface area contributed by atoms with Crippen LogP contribution in [0.15, 0.2) is 40.9 Å². The van der Waals surface area contributed by atoms with Gasteiger partial charge in [-0.3, -0.25) is 9.59 Å². The molecule has 26 heavy (non-hydrogen) atoms. The number of nitrogens with one attached hydrogen (secondary N) is 1. The molecule has 2 rings (SSSR count). The molecule has 2 aromatic carbocycles. The van der Waals surface area contributed by atoms with Crippen LogP contribution in [0, 0.1) is 13.8 Å². The second-order valence-corrected chi connectivity index (χ2v) is 6.95. The molecular weight excluding hydrogens is 398 g/mol. The molecule has 5 nitrogen and oxygen atoms in total. The zero-order valence-corrected chi connectivity index (χ0v) is 16.8. The summed E-state index contributed by atoms with van der Waals surface area (Å²) in [5, 5.41) is 2.75. The highest BCUT2D eigenvalue weighted by Gasteiger charge is 2.20. The normalized spacial score (nSPS) is 11.6. The number of esters is 1. The van der Waals surface area contributed by atoms with E-state index in [2.05, 4.69) is 21.2 Å². The molecule has 1 amide bonds. The molecule has 0 spiro atoms. The van der Waals surface area contributed by atoms with Gasteiger partial charge in [-0.1, -0.05) is 23.8 Å². The summed E-state index contributed by atoms with van der Waals surface area (Å²) >= 11 is 3.41. The van der Waals surface area contributed by atoms with Crippen molar-refractivity contribution in [1.29, 1.82) is 0 Å². The fourth-order valence-corrected chi connectivity index (χ4v) is 3.04. The van der Waals surface area contributed by atoms with Crippen LogP contribution in [0.25, 0.3) is 0 Å². The van der Waals surface area contributed by atoms with Crippen LogP contribution in [0.5, 0.6) is 5.75 Å². The lowest BCUT2D eigenvalue weighted by molar-refractivity contribution is -0.152. The van der Waals surface area contributed by atoms with Crippen molar-refractivity contribution in [2.24, 2.45) is 0 Å². The Morgan fingerprint density at radius 1 is 1.12 bits per heavy atom. The third-order valence-electron chi connectivity index (χ3n) is 3.83. The molecule has 2 aromatic rings. The Morgan fingerprint density at radius 3 is 2.42 bits per heavy atom. The van der Waals surface area contributed by atoms with E-state index in [-0.39, 0.29) is 12.3 Å². The van der Waals surface area contributed by atoms with Crippen molar-refractivity contribution in [3.63, 3.8) is 0 Å². The molecule has 0 aliphatic heterocycles. The van der Waals surface area contributed by atoms with Crippen LogP contribution in [-0.2, 0) is 20.7 Å². The number of rotatable bonds is 6. The molecule has 0 fully saturated rings. The molecule has 0 radical (unpaired) electrons. The number of hydrogen-bond donors (Lipinski definition) is 1. The van der Waals surface area contributed by atoms with Gasteiger partial charge in [0, 0.05) is 10.0 Å². The van der Waals surface area contributed by atoms with E-state index in [1.807, 2.05) is 44.2 Å². The van der Waals surface area contributed by atoms with Crippen LogP contribution < -0.4 is 10.1 Å². The second kappa shape index (κ2) is 8.85. The van der Waals surface area contributed by atoms with E-state index in [1.54, 1.807) is 20.1 Å².